The quantitative estimate of drug-likeness (QED) is 0.800. The number of nitrogens with zero attached hydrogens (tertiary/aromatic N) is 4. The van der Waals surface area contributed by atoms with Crippen molar-refractivity contribution in [2.45, 2.75) is 18.8 Å². The smallest absolute Gasteiger partial charge is 0.272 e. The molecule has 0 spiro atoms. The van der Waals surface area contributed by atoms with Gasteiger partial charge in [-0.15, -0.1) is 0 Å². The Hall–Kier alpha value is -3.02. The Labute approximate surface area is 146 Å². The molecule has 1 aromatic carbocycles. The summed E-state index contributed by atoms with van der Waals surface area (Å²) in [6.07, 6.45) is 6.91. The predicted molar refractivity (Wildman–Crippen MR) is 93.9 cm³/mol. The molecular formula is C19H19N5O. The molecule has 1 atom stereocenters. The van der Waals surface area contributed by atoms with Crippen LogP contribution in [0.2, 0.25) is 0 Å². The molecule has 1 saturated heterocycles. The van der Waals surface area contributed by atoms with E-state index in [9.17, 15) is 4.79 Å². The zero-order chi connectivity index (χ0) is 17.1. The van der Waals surface area contributed by atoms with Crippen LogP contribution in [-0.2, 0) is 0 Å². The maximum Gasteiger partial charge on any atom is 0.272 e. The summed E-state index contributed by atoms with van der Waals surface area (Å²) in [4.78, 5) is 30.7. The number of hydrogen-bond donors (Lipinski definition) is 1. The van der Waals surface area contributed by atoms with Crippen LogP contribution in [0.3, 0.4) is 0 Å². The molecule has 1 fully saturated rings. The average molecular weight is 333 g/mol. The number of rotatable bonds is 3. The van der Waals surface area contributed by atoms with Crippen molar-refractivity contribution in [3.05, 3.63) is 66.6 Å². The highest BCUT2D eigenvalue weighted by Gasteiger charge is 2.28. The molecule has 1 unspecified atom stereocenters. The zero-order valence-corrected chi connectivity index (χ0v) is 13.8. The molecule has 1 N–H and O–H groups in total. The summed E-state index contributed by atoms with van der Waals surface area (Å²) >= 11 is 0. The number of carbonyl (C=O) groups excluding carboxylic acids is 1. The van der Waals surface area contributed by atoms with Gasteiger partial charge < -0.3 is 9.88 Å². The summed E-state index contributed by atoms with van der Waals surface area (Å²) in [5.74, 6) is 0.249. The molecule has 0 bridgehead atoms. The number of carbonyl (C=O) groups is 1. The van der Waals surface area contributed by atoms with Gasteiger partial charge in [-0.3, -0.25) is 4.79 Å². The van der Waals surface area contributed by atoms with Gasteiger partial charge in [0.15, 0.2) is 0 Å². The average Bonchev–Trinajstić information content (AvgIpc) is 3.19. The Bertz CT molecular complexity index is 847. The molecule has 1 amide bonds. The number of hydrogen-bond acceptors (Lipinski definition) is 4. The van der Waals surface area contributed by atoms with E-state index in [1.807, 2.05) is 41.3 Å². The third-order valence-corrected chi connectivity index (χ3v) is 4.63. The van der Waals surface area contributed by atoms with Gasteiger partial charge >= 0.3 is 0 Å². The first kappa shape index (κ1) is 15.5. The second-order valence-corrected chi connectivity index (χ2v) is 6.22. The monoisotopic (exact) mass is 333 g/mol. The summed E-state index contributed by atoms with van der Waals surface area (Å²) in [5.41, 5.74) is 3.20. The van der Waals surface area contributed by atoms with Crippen LogP contribution in [0, 0.1) is 0 Å². The number of amides is 1. The van der Waals surface area contributed by atoms with Gasteiger partial charge in [0.05, 0.1) is 6.33 Å². The number of aromatic amines is 1. The van der Waals surface area contributed by atoms with Crippen LogP contribution in [0.4, 0.5) is 0 Å². The molecule has 1 aliphatic heterocycles. The molecule has 6 nitrogen and oxygen atoms in total. The highest BCUT2D eigenvalue weighted by molar-refractivity contribution is 5.98. The van der Waals surface area contributed by atoms with Crippen LogP contribution in [-0.4, -0.2) is 43.8 Å². The molecule has 126 valence electrons. The van der Waals surface area contributed by atoms with Crippen molar-refractivity contribution in [2.24, 2.45) is 0 Å². The highest BCUT2D eigenvalue weighted by Crippen LogP contribution is 2.27. The molecule has 3 heterocycles. The van der Waals surface area contributed by atoms with Crippen molar-refractivity contribution >= 4 is 5.91 Å². The first-order chi connectivity index (χ1) is 12.3. The van der Waals surface area contributed by atoms with Crippen LogP contribution < -0.4 is 0 Å². The Morgan fingerprint density at radius 1 is 1.16 bits per heavy atom. The van der Waals surface area contributed by atoms with Crippen molar-refractivity contribution in [3.63, 3.8) is 0 Å². The zero-order valence-electron chi connectivity index (χ0n) is 13.8. The minimum Gasteiger partial charge on any atom is -0.340 e. The molecule has 1 aliphatic rings. The topological polar surface area (TPSA) is 74.8 Å². The largest absolute Gasteiger partial charge is 0.340 e. The number of nitrogens with one attached hydrogen (secondary N) is 1. The van der Waals surface area contributed by atoms with E-state index >= 15 is 0 Å². The van der Waals surface area contributed by atoms with Crippen molar-refractivity contribution in [1.82, 2.24) is 24.8 Å². The van der Waals surface area contributed by atoms with Crippen molar-refractivity contribution < 1.29 is 4.79 Å². The number of imidazole rings is 1. The SMILES string of the molecule is O=C(c1[nH]cnc1-c1ccccc1)N1CCCC(c2ccncn2)C1. The minimum atomic E-state index is -0.00453. The van der Waals surface area contributed by atoms with E-state index in [4.69, 9.17) is 0 Å². The predicted octanol–water partition coefficient (Wildman–Crippen LogP) is 2.89. The van der Waals surface area contributed by atoms with Crippen LogP contribution >= 0.6 is 0 Å². The number of piperidine rings is 1. The first-order valence-corrected chi connectivity index (χ1v) is 8.47. The summed E-state index contributed by atoms with van der Waals surface area (Å²) in [6.45, 7) is 1.43. The standard InChI is InChI=1S/C19H19N5O/c25-19(18-17(22-13-23-18)14-5-2-1-3-6-14)24-10-4-7-15(11-24)16-8-9-20-12-21-16/h1-3,5-6,8-9,12-13,15H,4,7,10-11H2,(H,22,23). The van der Waals surface area contributed by atoms with Gasteiger partial charge in [0, 0.05) is 36.5 Å². The lowest BCUT2D eigenvalue weighted by molar-refractivity contribution is 0.0701. The van der Waals surface area contributed by atoms with Gasteiger partial charge in [0.2, 0.25) is 0 Å². The van der Waals surface area contributed by atoms with E-state index in [0.29, 0.717) is 17.9 Å². The van der Waals surface area contributed by atoms with Crippen LogP contribution in [0.25, 0.3) is 11.3 Å². The molecule has 25 heavy (non-hydrogen) atoms. The van der Waals surface area contributed by atoms with E-state index < -0.39 is 0 Å². The molecule has 3 aromatic rings. The molecule has 0 saturated carbocycles. The Morgan fingerprint density at radius 2 is 2.04 bits per heavy atom. The fourth-order valence-corrected chi connectivity index (χ4v) is 3.38. The van der Waals surface area contributed by atoms with E-state index in [1.54, 1.807) is 18.9 Å². The fraction of sp³-hybridized carbons (Fsp3) is 0.263. The van der Waals surface area contributed by atoms with Crippen molar-refractivity contribution in [3.8, 4) is 11.3 Å². The van der Waals surface area contributed by atoms with Gasteiger partial charge in [-0.25, -0.2) is 15.0 Å². The number of benzene rings is 1. The summed E-state index contributed by atoms with van der Waals surface area (Å²) < 4.78 is 0. The van der Waals surface area contributed by atoms with Gasteiger partial charge in [-0.1, -0.05) is 30.3 Å². The van der Waals surface area contributed by atoms with E-state index in [0.717, 1.165) is 30.6 Å². The van der Waals surface area contributed by atoms with E-state index in [2.05, 4.69) is 19.9 Å². The maximum atomic E-state index is 13.1. The maximum absolute atomic E-state index is 13.1. The first-order valence-electron chi connectivity index (χ1n) is 8.47. The highest BCUT2D eigenvalue weighted by atomic mass is 16.2. The second kappa shape index (κ2) is 6.84. The lowest BCUT2D eigenvalue weighted by Gasteiger charge is -2.32. The molecular weight excluding hydrogens is 314 g/mol. The molecule has 6 heteroatoms. The molecule has 0 aliphatic carbocycles. The van der Waals surface area contributed by atoms with Crippen LogP contribution in [0.1, 0.15) is 34.9 Å². The molecule has 4 rings (SSSR count). The molecule has 0 radical (unpaired) electrons. The Morgan fingerprint density at radius 3 is 2.84 bits per heavy atom. The van der Waals surface area contributed by atoms with Gasteiger partial charge in [0.25, 0.3) is 5.91 Å². The lowest BCUT2D eigenvalue weighted by Crippen LogP contribution is -2.39. The number of likely N-dealkylation sites (tertiary alicyclic amines) is 1. The summed E-state index contributed by atoms with van der Waals surface area (Å²) in [5, 5.41) is 0. The summed E-state index contributed by atoms with van der Waals surface area (Å²) in [7, 11) is 0. The van der Waals surface area contributed by atoms with Gasteiger partial charge in [-0.2, -0.15) is 0 Å². The third kappa shape index (κ3) is 3.15. The van der Waals surface area contributed by atoms with E-state index in [1.165, 1.54) is 0 Å². The van der Waals surface area contributed by atoms with Crippen molar-refractivity contribution in [1.29, 1.82) is 0 Å². The lowest BCUT2D eigenvalue weighted by atomic mass is 9.94. The molecule has 2 aromatic heterocycles. The summed E-state index contributed by atoms with van der Waals surface area (Å²) in [6, 6.07) is 11.7. The second-order valence-electron chi connectivity index (χ2n) is 6.22. The fourth-order valence-electron chi connectivity index (χ4n) is 3.38. The Balaban J connectivity index is 1.57. The van der Waals surface area contributed by atoms with Crippen LogP contribution in [0.15, 0.2) is 55.2 Å². The van der Waals surface area contributed by atoms with Crippen molar-refractivity contribution in [2.75, 3.05) is 13.1 Å². The minimum absolute atomic E-state index is 0.00453. The Kier molecular flexibility index (Phi) is 4.24. The number of H-pyrrole nitrogens is 1. The van der Waals surface area contributed by atoms with E-state index in [-0.39, 0.29) is 11.8 Å². The number of aromatic nitrogens is 4. The third-order valence-electron chi connectivity index (χ3n) is 4.63. The van der Waals surface area contributed by atoms with Gasteiger partial charge in [0.1, 0.15) is 17.7 Å². The van der Waals surface area contributed by atoms with Crippen LogP contribution in [0.5, 0.6) is 0 Å². The normalized spacial score (nSPS) is 17.4. The van der Waals surface area contributed by atoms with Gasteiger partial charge in [-0.05, 0) is 18.9 Å².